The standard InChI is InChI=1S/C6H11NO2S/c1-3-10(8,7-2)9-6-4-5-6/h3,6H,2,4-5H2,1H3. The molecule has 0 aromatic carbocycles. The molecule has 0 spiro atoms. The summed E-state index contributed by atoms with van der Waals surface area (Å²) in [7, 11) is -2.51. The molecular formula is C6H11NO2S. The molecule has 0 radical (unpaired) electrons. The van der Waals surface area contributed by atoms with Crippen molar-refractivity contribution in [2.24, 2.45) is 4.40 Å². The van der Waals surface area contributed by atoms with Crippen LogP contribution in [0.4, 0.5) is 0 Å². The average Bonchev–Trinajstić information content (AvgIpc) is 2.72. The zero-order chi connectivity index (χ0) is 7.61. The first kappa shape index (κ1) is 7.75. The van der Waals surface area contributed by atoms with Gasteiger partial charge in [0.2, 0.25) is 0 Å². The number of hydrogen-bond donors (Lipinski definition) is 0. The van der Waals surface area contributed by atoms with Crippen molar-refractivity contribution in [2.75, 3.05) is 0 Å². The normalized spacial score (nSPS) is 23.3. The van der Waals surface area contributed by atoms with Crippen molar-refractivity contribution in [2.45, 2.75) is 25.9 Å². The number of hydrogen-bond acceptors (Lipinski definition) is 2. The number of nitrogens with zero attached hydrogens (tertiary/aromatic N) is 1. The summed E-state index contributed by atoms with van der Waals surface area (Å²) in [6.07, 6.45) is 2.16. The molecule has 0 heterocycles. The molecule has 0 aromatic rings. The Morgan fingerprint density at radius 2 is 2.40 bits per heavy atom. The van der Waals surface area contributed by atoms with Crippen LogP contribution in [0.5, 0.6) is 0 Å². The van der Waals surface area contributed by atoms with Gasteiger partial charge in [-0.25, -0.2) is 4.21 Å². The molecule has 0 aromatic heterocycles. The summed E-state index contributed by atoms with van der Waals surface area (Å²) in [5.74, 6) is 0. The molecule has 0 saturated heterocycles. The molecule has 3 nitrogen and oxygen atoms in total. The van der Waals surface area contributed by atoms with E-state index in [0.717, 1.165) is 12.8 Å². The Kier molecular flexibility index (Phi) is 2.11. The Morgan fingerprint density at radius 1 is 1.80 bits per heavy atom. The molecule has 0 aliphatic heterocycles. The lowest BCUT2D eigenvalue weighted by Gasteiger charge is -2.02. The largest absolute Gasteiger partial charge is 0.278 e. The lowest BCUT2D eigenvalue weighted by atomic mass is 10.9. The molecule has 0 amide bonds. The van der Waals surface area contributed by atoms with Crippen LogP contribution in [0.1, 0.15) is 19.8 Å². The van der Waals surface area contributed by atoms with Crippen molar-refractivity contribution < 1.29 is 8.39 Å². The fourth-order valence-corrected chi connectivity index (χ4v) is 1.42. The summed E-state index contributed by atoms with van der Waals surface area (Å²) in [4.78, 5) is 0. The lowest BCUT2D eigenvalue weighted by Crippen LogP contribution is -2.05. The zero-order valence-corrected chi connectivity index (χ0v) is 6.76. The van der Waals surface area contributed by atoms with Crippen LogP contribution in [-0.4, -0.2) is 22.4 Å². The molecule has 1 rings (SSSR count). The van der Waals surface area contributed by atoms with Gasteiger partial charge in [-0.05, 0) is 19.8 Å². The highest BCUT2D eigenvalue weighted by atomic mass is 32.2. The third-order valence-electron chi connectivity index (χ3n) is 1.28. The van der Waals surface area contributed by atoms with E-state index < -0.39 is 9.99 Å². The van der Waals surface area contributed by atoms with Gasteiger partial charge in [0, 0.05) is 12.1 Å². The molecule has 1 fully saturated rings. The third-order valence-corrected chi connectivity index (χ3v) is 2.78. The topological polar surface area (TPSA) is 38.7 Å². The molecule has 1 aliphatic carbocycles. The minimum atomic E-state index is -2.51. The van der Waals surface area contributed by atoms with Crippen LogP contribution in [0.3, 0.4) is 0 Å². The van der Waals surface area contributed by atoms with E-state index in [1.54, 1.807) is 6.92 Å². The molecule has 0 N–H and O–H groups in total. The van der Waals surface area contributed by atoms with Crippen molar-refractivity contribution in [3.05, 3.63) is 0 Å². The van der Waals surface area contributed by atoms with E-state index in [2.05, 4.69) is 11.1 Å². The van der Waals surface area contributed by atoms with Crippen molar-refractivity contribution >= 4 is 22.1 Å². The molecule has 1 aliphatic rings. The highest BCUT2D eigenvalue weighted by Crippen LogP contribution is 2.25. The van der Waals surface area contributed by atoms with Gasteiger partial charge < -0.3 is 0 Å². The zero-order valence-electron chi connectivity index (χ0n) is 5.95. The highest BCUT2D eigenvalue weighted by molar-refractivity contribution is 7.95. The molecule has 10 heavy (non-hydrogen) atoms. The molecule has 58 valence electrons. The summed E-state index contributed by atoms with van der Waals surface area (Å²) in [6, 6.07) is 0. The molecule has 0 bridgehead atoms. The van der Waals surface area contributed by atoms with Crippen LogP contribution in [0.25, 0.3) is 0 Å². The van der Waals surface area contributed by atoms with E-state index in [1.807, 2.05) is 0 Å². The summed E-state index contributed by atoms with van der Waals surface area (Å²) < 4.78 is 19.8. The second kappa shape index (κ2) is 2.72. The first-order valence-electron chi connectivity index (χ1n) is 3.20. The van der Waals surface area contributed by atoms with Gasteiger partial charge in [-0.15, -0.1) is 0 Å². The minimum absolute atomic E-state index is 0.161. The van der Waals surface area contributed by atoms with Crippen molar-refractivity contribution in [3.8, 4) is 0 Å². The van der Waals surface area contributed by atoms with Crippen LogP contribution in [-0.2, 0) is 14.2 Å². The molecule has 1 unspecified atom stereocenters. The Hall–Kier alpha value is -0.350. The average molecular weight is 161 g/mol. The number of rotatable bonds is 3. The van der Waals surface area contributed by atoms with Crippen LogP contribution in [0.15, 0.2) is 4.40 Å². The van der Waals surface area contributed by atoms with E-state index in [1.165, 1.54) is 5.37 Å². The summed E-state index contributed by atoms with van der Waals surface area (Å²) in [5.41, 5.74) is 0. The smallest absolute Gasteiger partial charge is 0.186 e. The maximum atomic E-state index is 11.3. The molecular weight excluding hydrogens is 150 g/mol. The lowest BCUT2D eigenvalue weighted by molar-refractivity contribution is 0.332. The quantitative estimate of drug-likeness (QED) is 0.453. The van der Waals surface area contributed by atoms with Crippen LogP contribution in [0.2, 0.25) is 0 Å². The predicted molar refractivity (Wildman–Crippen MR) is 43.5 cm³/mol. The van der Waals surface area contributed by atoms with Crippen molar-refractivity contribution in [3.63, 3.8) is 0 Å². The first-order valence-corrected chi connectivity index (χ1v) is 4.70. The molecule has 1 atom stereocenters. The predicted octanol–water partition coefficient (Wildman–Crippen LogP) is 0.802. The van der Waals surface area contributed by atoms with Crippen molar-refractivity contribution in [1.82, 2.24) is 0 Å². The first-order chi connectivity index (χ1) is 4.70. The molecule has 1 saturated carbocycles. The monoisotopic (exact) mass is 161 g/mol. The Labute approximate surface area is 61.5 Å². The van der Waals surface area contributed by atoms with E-state index in [-0.39, 0.29) is 6.10 Å². The summed E-state index contributed by atoms with van der Waals surface area (Å²) >= 11 is 0. The molecule has 4 heteroatoms. The van der Waals surface area contributed by atoms with Gasteiger partial charge in [-0.1, -0.05) is 0 Å². The SMILES string of the molecule is C=NS(=O)(=CC)OC1CC1. The van der Waals surface area contributed by atoms with E-state index in [4.69, 9.17) is 4.18 Å². The van der Waals surface area contributed by atoms with Gasteiger partial charge in [0.1, 0.15) is 0 Å². The van der Waals surface area contributed by atoms with Gasteiger partial charge in [-0.3, -0.25) is 4.18 Å². The van der Waals surface area contributed by atoms with E-state index in [0.29, 0.717) is 0 Å². The fraction of sp³-hybridized carbons (Fsp3) is 0.667. The maximum absolute atomic E-state index is 11.3. The summed E-state index contributed by atoms with van der Waals surface area (Å²) in [5, 5.41) is 1.46. The van der Waals surface area contributed by atoms with Gasteiger partial charge in [0.15, 0.2) is 9.99 Å². The third kappa shape index (κ3) is 1.82. The second-order valence-electron chi connectivity index (χ2n) is 2.18. The van der Waals surface area contributed by atoms with Crippen LogP contribution >= 0.6 is 0 Å². The highest BCUT2D eigenvalue weighted by Gasteiger charge is 2.26. The maximum Gasteiger partial charge on any atom is 0.186 e. The van der Waals surface area contributed by atoms with Gasteiger partial charge in [0.25, 0.3) is 0 Å². The van der Waals surface area contributed by atoms with Gasteiger partial charge in [-0.2, -0.15) is 4.40 Å². The Bertz CT molecular complexity index is 236. The van der Waals surface area contributed by atoms with Crippen molar-refractivity contribution in [1.29, 1.82) is 0 Å². The van der Waals surface area contributed by atoms with E-state index in [9.17, 15) is 4.21 Å². The van der Waals surface area contributed by atoms with Gasteiger partial charge >= 0.3 is 0 Å². The minimum Gasteiger partial charge on any atom is -0.278 e. The van der Waals surface area contributed by atoms with E-state index >= 15 is 0 Å². The summed E-state index contributed by atoms with van der Waals surface area (Å²) in [6.45, 7) is 4.87. The Morgan fingerprint density at radius 3 is 2.70 bits per heavy atom. The Balaban J connectivity index is 2.64. The van der Waals surface area contributed by atoms with Crippen LogP contribution < -0.4 is 0 Å². The second-order valence-corrected chi connectivity index (χ2v) is 4.13. The fourth-order valence-electron chi connectivity index (χ4n) is 0.520. The van der Waals surface area contributed by atoms with Crippen LogP contribution in [0, 0.1) is 0 Å². The van der Waals surface area contributed by atoms with Gasteiger partial charge in [0.05, 0.1) is 6.10 Å².